The summed E-state index contributed by atoms with van der Waals surface area (Å²) in [7, 11) is -3.99. The highest BCUT2D eigenvalue weighted by molar-refractivity contribution is 7.84. The fourth-order valence-corrected chi connectivity index (χ4v) is 1.74. The van der Waals surface area contributed by atoms with Crippen molar-refractivity contribution in [3.8, 4) is 0 Å². The highest BCUT2D eigenvalue weighted by Gasteiger charge is 2.35. The largest absolute Gasteiger partial charge is 0.390 e. The van der Waals surface area contributed by atoms with E-state index in [-0.39, 0.29) is 13.0 Å². The van der Waals surface area contributed by atoms with Crippen LogP contribution in [0.15, 0.2) is 0 Å². The summed E-state index contributed by atoms with van der Waals surface area (Å²) in [6.45, 7) is -0.250. The predicted octanol–water partition coefficient (Wildman–Crippen LogP) is -0.685. The molecule has 0 bridgehead atoms. The van der Waals surface area contributed by atoms with Crippen LogP contribution in [0.25, 0.3) is 0 Å². The molecule has 1 rings (SSSR count). The van der Waals surface area contributed by atoms with E-state index in [9.17, 15) is 12.8 Å². The molecular formula is C6H12FNO4S. The molecule has 13 heavy (non-hydrogen) atoms. The number of rotatable bonds is 3. The van der Waals surface area contributed by atoms with Crippen LogP contribution in [0.3, 0.4) is 0 Å². The molecule has 1 fully saturated rings. The number of hydrogen-bond donors (Lipinski definition) is 2. The van der Waals surface area contributed by atoms with Gasteiger partial charge in [-0.25, -0.2) is 9.53 Å². The minimum atomic E-state index is -3.99. The monoisotopic (exact) mass is 213 g/mol. The minimum Gasteiger partial charge on any atom is -0.390 e. The van der Waals surface area contributed by atoms with Crippen LogP contribution >= 0.6 is 0 Å². The van der Waals surface area contributed by atoms with Crippen LogP contribution < -0.4 is 5.14 Å². The summed E-state index contributed by atoms with van der Waals surface area (Å²) in [6, 6.07) is 0. The van der Waals surface area contributed by atoms with Gasteiger partial charge in [0, 0.05) is 5.92 Å². The van der Waals surface area contributed by atoms with Crippen LogP contribution in [0.2, 0.25) is 0 Å². The maximum Gasteiger partial charge on any atom is 0.333 e. The Bertz CT molecular complexity index is 268. The van der Waals surface area contributed by atoms with Gasteiger partial charge in [0.15, 0.2) is 0 Å². The molecule has 0 spiro atoms. The molecule has 0 unspecified atom stereocenters. The zero-order chi connectivity index (χ0) is 10.1. The van der Waals surface area contributed by atoms with Gasteiger partial charge < -0.3 is 5.11 Å². The number of aliphatic hydroxyl groups excluding tert-OH is 1. The van der Waals surface area contributed by atoms with Crippen molar-refractivity contribution < 1.29 is 22.1 Å². The van der Waals surface area contributed by atoms with E-state index in [2.05, 4.69) is 9.32 Å². The van der Waals surface area contributed by atoms with Crippen LogP contribution in [0.5, 0.6) is 0 Å². The Morgan fingerprint density at radius 1 is 1.54 bits per heavy atom. The van der Waals surface area contributed by atoms with E-state index in [1.165, 1.54) is 0 Å². The first kappa shape index (κ1) is 10.8. The number of hydrogen-bond acceptors (Lipinski definition) is 4. The fraction of sp³-hybridized carbons (Fsp3) is 1.00. The second-order valence-corrected chi connectivity index (χ2v) is 4.34. The summed E-state index contributed by atoms with van der Waals surface area (Å²) in [6.07, 6.45) is -1.77. The molecule has 0 radical (unpaired) electrons. The minimum absolute atomic E-state index is 0.236. The zero-order valence-corrected chi connectivity index (χ0v) is 7.71. The Morgan fingerprint density at radius 3 is 2.54 bits per heavy atom. The second-order valence-electron chi connectivity index (χ2n) is 3.12. The summed E-state index contributed by atoms with van der Waals surface area (Å²) in [4.78, 5) is 0. The SMILES string of the molecule is NS(=O)(=O)OC[C@H]1CC[C@@H](F)[C@@H]1O. The van der Waals surface area contributed by atoms with Gasteiger partial charge in [0.05, 0.1) is 12.7 Å². The number of halogens is 1. The molecule has 1 aliphatic rings. The third-order valence-corrected chi connectivity index (χ3v) is 2.58. The molecule has 0 amide bonds. The predicted molar refractivity (Wildman–Crippen MR) is 42.7 cm³/mol. The van der Waals surface area contributed by atoms with E-state index < -0.39 is 28.5 Å². The number of aliphatic hydroxyl groups is 1. The molecule has 1 aliphatic carbocycles. The van der Waals surface area contributed by atoms with Gasteiger partial charge >= 0.3 is 10.3 Å². The third kappa shape index (κ3) is 3.18. The topological polar surface area (TPSA) is 89.6 Å². The molecule has 0 aromatic rings. The van der Waals surface area contributed by atoms with Gasteiger partial charge in [-0.15, -0.1) is 0 Å². The van der Waals surface area contributed by atoms with Crippen molar-refractivity contribution in [3.05, 3.63) is 0 Å². The summed E-state index contributed by atoms with van der Waals surface area (Å²) in [5, 5.41) is 13.7. The van der Waals surface area contributed by atoms with Crippen molar-refractivity contribution in [2.75, 3.05) is 6.61 Å². The van der Waals surface area contributed by atoms with Gasteiger partial charge in [-0.3, -0.25) is 4.18 Å². The Hall–Kier alpha value is -0.240. The van der Waals surface area contributed by atoms with Crippen molar-refractivity contribution in [1.82, 2.24) is 0 Å². The van der Waals surface area contributed by atoms with Crippen molar-refractivity contribution in [1.29, 1.82) is 0 Å². The molecule has 1 saturated carbocycles. The molecule has 0 aromatic carbocycles. The Labute approximate surface area is 75.9 Å². The average Bonchev–Trinajstić information content (AvgIpc) is 2.29. The molecule has 78 valence electrons. The smallest absolute Gasteiger partial charge is 0.333 e. The van der Waals surface area contributed by atoms with E-state index >= 15 is 0 Å². The standard InChI is InChI=1S/C6H12FNO4S/c7-5-2-1-4(6(5)9)3-12-13(8,10)11/h4-6,9H,1-3H2,(H2,8,10,11)/t4-,5-,6-/m1/s1. The number of alkyl halides is 1. The average molecular weight is 213 g/mol. The highest BCUT2D eigenvalue weighted by atomic mass is 32.2. The van der Waals surface area contributed by atoms with Crippen LogP contribution in [-0.4, -0.2) is 32.4 Å². The van der Waals surface area contributed by atoms with E-state index in [0.717, 1.165) is 0 Å². The van der Waals surface area contributed by atoms with Crippen molar-refractivity contribution in [3.63, 3.8) is 0 Å². The molecule has 0 saturated heterocycles. The molecule has 5 nitrogen and oxygen atoms in total. The first-order valence-corrected chi connectivity index (χ1v) is 5.36. The Balaban J connectivity index is 2.39. The van der Waals surface area contributed by atoms with Gasteiger partial charge in [-0.1, -0.05) is 0 Å². The second kappa shape index (κ2) is 3.87. The summed E-state index contributed by atoms with van der Waals surface area (Å²) < 4.78 is 37.7. The molecule has 0 heterocycles. The maximum atomic E-state index is 12.7. The maximum absolute atomic E-state index is 12.7. The van der Waals surface area contributed by atoms with Crippen LogP contribution in [0.4, 0.5) is 4.39 Å². The summed E-state index contributed by atoms with van der Waals surface area (Å²) >= 11 is 0. The lowest BCUT2D eigenvalue weighted by molar-refractivity contribution is 0.0515. The highest BCUT2D eigenvalue weighted by Crippen LogP contribution is 2.28. The van der Waals surface area contributed by atoms with E-state index in [4.69, 9.17) is 5.11 Å². The van der Waals surface area contributed by atoms with Gasteiger partial charge in [-0.05, 0) is 12.8 Å². The lowest BCUT2D eigenvalue weighted by Crippen LogP contribution is -2.28. The lowest BCUT2D eigenvalue weighted by Gasteiger charge is -2.13. The molecular weight excluding hydrogens is 201 g/mol. The molecule has 0 aliphatic heterocycles. The number of nitrogens with two attached hydrogens (primary N) is 1. The molecule has 3 atom stereocenters. The lowest BCUT2D eigenvalue weighted by atomic mass is 10.1. The van der Waals surface area contributed by atoms with Crippen LogP contribution in [0.1, 0.15) is 12.8 Å². The van der Waals surface area contributed by atoms with Crippen molar-refractivity contribution >= 4 is 10.3 Å². The molecule has 7 heteroatoms. The zero-order valence-electron chi connectivity index (χ0n) is 6.89. The van der Waals surface area contributed by atoms with Crippen molar-refractivity contribution in [2.24, 2.45) is 11.1 Å². The van der Waals surface area contributed by atoms with E-state index in [1.54, 1.807) is 0 Å². The molecule has 3 N–H and O–H groups in total. The van der Waals surface area contributed by atoms with Gasteiger partial charge in [-0.2, -0.15) is 8.42 Å². The fourth-order valence-electron chi connectivity index (χ4n) is 1.37. The van der Waals surface area contributed by atoms with E-state index in [1.807, 2.05) is 0 Å². The third-order valence-electron chi connectivity index (χ3n) is 2.11. The first-order chi connectivity index (χ1) is 5.90. The Morgan fingerprint density at radius 2 is 2.15 bits per heavy atom. The first-order valence-electron chi connectivity index (χ1n) is 3.89. The summed E-state index contributed by atoms with van der Waals surface area (Å²) in [5.74, 6) is -0.478. The quantitative estimate of drug-likeness (QED) is 0.649. The van der Waals surface area contributed by atoms with Crippen LogP contribution in [-0.2, 0) is 14.5 Å². The van der Waals surface area contributed by atoms with Gasteiger partial charge in [0.2, 0.25) is 0 Å². The molecule has 0 aromatic heterocycles. The van der Waals surface area contributed by atoms with Gasteiger partial charge in [0.25, 0.3) is 0 Å². The normalized spacial score (nSPS) is 35.2. The van der Waals surface area contributed by atoms with Crippen molar-refractivity contribution in [2.45, 2.75) is 25.1 Å². The van der Waals surface area contributed by atoms with Crippen LogP contribution in [0, 0.1) is 5.92 Å². The van der Waals surface area contributed by atoms with E-state index in [0.29, 0.717) is 6.42 Å². The van der Waals surface area contributed by atoms with Gasteiger partial charge in [0.1, 0.15) is 6.17 Å². The summed E-state index contributed by atoms with van der Waals surface area (Å²) in [5.41, 5.74) is 0. The Kier molecular flexibility index (Phi) is 3.23.